The zero-order chi connectivity index (χ0) is 32.1. The van der Waals surface area contributed by atoms with Gasteiger partial charge in [-0.2, -0.15) is 0 Å². The third kappa shape index (κ3) is 3.75. The minimum Gasteiger partial charge on any atom is -0.309 e. The Labute approximate surface area is 280 Å². The molecule has 0 spiro atoms. The van der Waals surface area contributed by atoms with E-state index < -0.39 is 0 Å². The van der Waals surface area contributed by atoms with Crippen molar-refractivity contribution >= 4 is 49.2 Å². The molecule has 8 aromatic rings. The zero-order valence-corrected chi connectivity index (χ0v) is 27.5. The van der Waals surface area contributed by atoms with Gasteiger partial charge in [-0.05, 0) is 106 Å². The summed E-state index contributed by atoms with van der Waals surface area (Å²) in [6, 6.07) is 49.4. The van der Waals surface area contributed by atoms with E-state index in [2.05, 4.69) is 176 Å². The van der Waals surface area contributed by atoms with Gasteiger partial charge in [0.2, 0.25) is 0 Å². The Morgan fingerprint density at radius 1 is 0.542 bits per heavy atom. The summed E-state index contributed by atoms with van der Waals surface area (Å²) in [7, 11) is 0. The average Bonchev–Trinajstić information content (AvgIpc) is 3.71. The number of para-hydroxylation sites is 3. The van der Waals surface area contributed by atoms with E-state index in [1.165, 1.54) is 82.8 Å². The van der Waals surface area contributed by atoms with Crippen molar-refractivity contribution in [2.24, 2.45) is 5.92 Å². The van der Waals surface area contributed by atoms with Crippen molar-refractivity contribution in [2.75, 3.05) is 0 Å². The highest BCUT2D eigenvalue weighted by Gasteiger charge is 2.40. The predicted molar refractivity (Wildman–Crippen MR) is 203 cm³/mol. The maximum Gasteiger partial charge on any atom is 0.0547 e. The zero-order valence-electron chi connectivity index (χ0n) is 27.5. The lowest BCUT2D eigenvalue weighted by atomic mass is 9.74. The van der Waals surface area contributed by atoms with Gasteiger partial charge in [0.15, 0.2) is 0 Å². The molecular formula is C46H36N2. The molecule has 48 heavy (non-hydrogen) atoms. The van der Waals surface area contributed by atoms with E-state index in [0.29, 0.717) is 5.92 Å². The maximum absolute atomic E-state index is 2.50. The summed E-state index contributed by atoms with van der Waals surface area (Å²) in [5.41, 5.74) is 15.7. The van der Waals surface area contributed by atoms with Gasteiger partial charge in [-0.15, -0.1) is 0 Å². The molecule has 6 aromatic carbocycles. The molecule has 230 valence electrons. The van der Waals surface area contributed by atoms with Crippen LogP contribution in [0.4, 0.5) is 0 Å². The molecular weight excluding hydrogens is 581 g/mol. The number of benzene rings is 6. The van der Waals surface area contributed by atoms with Gasteiger partial charge in [-0.3, -0.25) is 0 Å². The molecule has 10 rings (SSSR count). The van der Waals surface area contributed by atoms with Crippen molar-refractivity contribution in [3.8, 4) is 22.5 Å². The first kappa shape index (κ1) is 27.5. The van der Waals surface area contributed by atoms with E-state index in [0.717, 1.165) is 6.42 Å². The maximum atomic E-state index is 2.50. The lowest BCUT2D eigenvalue weighted by Crippen LogP contribution is -2.22. The molecule has 2 aliphatic rings. The molecule has 0 fully saturated rings. The minimum atomic E-state index is -0.00120. The summed E-state index contributed by atoms with van der Waals surface area (Å²) in [4.78, 5) is 0. The van der Waals surface area contributed by atoms with Gasteiger partial charge >= 0.3 is 0 Å². The first-order valence-electron chi connectivity index (χ1n) is 17.2. The lowest BCUT2D eigenvalue weighted by molar-refractivity contribution is 0.531. The molecule has 2 nitrogen and oxygen atoms in total. The van der Waals surface area contributed by atoms with Crippen molar-refractivity contribution in [3.05, 3.63) is 162 Å². The third-order valence-electron chi connectivity index (χ3n) is 11.1. The molecule has 0 N–H and O–H groups in total. The van der Waals surface area contributed by atoms with E-state index >= 15 is 0 Å². The Bertz CT molecular complexity index is 2660. The molecule has 0 saturated heterocycles. The number of hydrogen-bond donors (Lipinski definition) is 0. The fourth-order valence-electron chi connectivity index (χ4n) is 9.04. The van der Waals surface area contributed by atoms with Gasteiger partial charge < -0.3 is 9.13 Å². The van der Waals surface area contributed by atoms with Gasteiger partial charge in [0.05, 0.1) is 22.1 Å². The van der Waals surface area contributed by atoms with Crippen molar-refractivity contribution in [3.63, 3.8) is 0 Å². The number of fused-ring (bicyclic) bond motifs is 8. The second-order valence-corrected chi connectivity index (χ2v) is 14.2. The number of rotatable bonds is 3. The highest BCUT2D eigenvalue weighted by Crippen LogP contribution is 2.53. The average molecular weight is 617 g/mol. The summed E-state index contributed by atoms with van der Waals surface area (Å²) in [6.45, 7) is 7.24. The molecule has 2 aliphatic carbocycles. The predicted octanol–water partition coefficient (Wildman–Crippen LogP) is 12.2. The van der Waals surface area contributed by atoms with Crippen molar-refractivity contribution in [2.45, 2.75) is 32.6 Å². The minimum absolute atomic E-state index is 0.00120. The van der Waals surface area contributed by atoms with Crippen LogP contribution in [0.1, 0.15) is 38.3 Å². The standard InChI is InChI=1S/C46H36N2/c1-29-13-12-19-36-37-27-39-38-25-30(22-24-42(38)48(33-16-8-5-9-17-33)44(39)28-40(37)46(2,3)45(29)36)31-21-23-35-34-18-10-11-20-41(34)47(43(35)26-31)32-14-6-4-7-15-32/h4-12,14-29H,13H2,1-3H3. The van der Waals surface area contributed by atoms with Crippen LogP contribution in [0.3, 0.4) is 0 Å². The number of allylic oxidation sites excluding steroid dienone is 4. The van der Waals surface area contributed by atoms with Crippen LogP contribution in [-0.2, 0) is 5.41 Å². The molecule has 0 aliphatic heterocycles. The second kappa shape index (κ2) is 9.95. The molecule has 0 radical (unpaired) electrons. The molecule has 2 heterocycles. The second-order valence-electron chi connectivity index (χ2n) is 14.2. The smallest absolute Gasteiger partial charge is 0.0547 e. The monoisotopic (exact) mass is 616 g/mol. The molecule has 1 unspecified atom stereocenters. The van der Waals surface area contributed by atoms with E-state index in [4.69, 9.17) is 0 Å². The highest BCUT2D eigenvalue weighted by molar-refractivity contribution is 6.13. The van der Waals surface area contributed by atoms with Crippen molar-refractivity contribution in [1.29, 1.82) is 0 Å². The van der Waals surface area contributed by atoms with Gasteiger partial charge in [-0.25, -0.2) is 0 Å². The normalized spacial score (nSPS) is 16.8. The fraction of sp³-hybridized carbons (Fsp3) is 0.130. The van der Waals surface area contributed by atoms with Crippen LogP contribution in [0.5, 0.6) is 0 Å². The van der Waals surface area contributed by atoms with E-state index in [9.17, 15) is 0 Å². The van der Waals surface area contributed by atoms with Gasteiger partial charge in [0.25, 0.3) is 0 Å². The first-order valence-corrected chi connectivity index (χ1v) is 17.2. The van der Waals surface area contributed by atoms with Crippen LogP contribution in [0.25, 0.3) is 71.7 Å². The van der Waals surface area contributed by atoms with E-state index in [1.54, 1.807) is 5.57 Å². The van der Waals surface area contributed by atoms with Crippen LogP contribution in [0.2, 0.25) is 0 Å². The summed E-state index contributed by atoms with van der Waals surface area (Å²) < 4.78 is 4.88. The highest BCUT2D eigenvalue weighted by atomic mass is 15.0. The van der Waals surface area contributed by atoms with Crippen LogP contribution < -0.4 is 0 Å². The third-order valence-corrected chi connectivity index (χ3v) is 11.1. The number of nitrogens with zero attached hydrogens (tertiary/aromatic N) is 2. The fourth-order valence-corrected chi connectivity index (χ4v) is 9.04. The first-order chi connectivity index (χ1) is 23.5. The molecule has 2 heteroatoms. The van der Waals surface area contributed by atoms with Crippen LogP contribution in [0.15, 0.2) is 151 Å². The Morgan fingerprint density at radius 2 is 1.12 bits per heavy atom. The SMILES string of the molecule is CC1CC=CC2=C1C(C)(C)c1cc3c(cc12)c1cc(-c2ccc4c5ccccc5n(-c5ccccc5)c4c2)ccc1n3-c1ccccc1. The largest absolute Gasteiger partial charge is 0.309 e. The van der Waals surface area contributed by atoms with E-state index in [1.807, 2.05) is 0 Å². The molecule has 0 bridgehead atoms. The van der Waals surface area contributed by atoms with Crippen LogP contribution >= 0.6 is 0 Å². The van der Waals surface area contributed by atoms with Crippen LogP contribution in [-0.4, -0.2) is 9.13 Å². The summed E-state index contributed by atoms with van der Waals surface area (Å²) >= 11 is 0. The lowest BCUT2D eigenvalue weighted by Gasteiger charge is -2.30. The summed E-state index contributed by atoms with van der Waals surface area (Å²) in [5.74, 6) is 0.549. The van der Waals surface area contributed by atoms with Crippen molar-refractivity contribution in [1.82, 2.24) is 9.13 Å². The van der Waals surface area contributed by atoms with Gasteiger partial charge in [0.1, 0.15) is 0 Å². The molecule has 2 aromatic heterocycles. The number of hydrogen-bond acceptors (Lipinski definition) is 0. The van der Waals surface area contributed by atoms with Crippen molar-refractivity contribution < 1.29 is 0 Å². The van der Waals surface area contributed by atoms with Gasteiger partial charge in [-0.1, -0.05) is 106 Å². The Balaban J connectivity index is 1.24. The van der Waals surface area contributed by atoms with Crippen LogP contribution in [0, 0.1) is 5.92 Å². The van der Waals surface area contributed by atoms with Gasteiger partial charge in [0, 0.05) is 38.3 Å². The quantitative estimate of drug-likeness (QED) is 0.187. The van der Waals surface area contributed by atoms with E-state index in [-0.39, 0.29) is 5.41 Å². The molecule has 1 atom stereocenters. The molecule has 0 saturated carbocycles. The Kier molecular flexibility index (Phi) is 5.70. The summed E-state index contributed by atoms with van der Waals surface area (Å²) in [5, 5.41) is 5.15. The topological polar surface area (TPSA) is 9.86 Å². The number of aromatic nitrogens is 2. The Hall–Kier alpha value is -5.60. The Morgan fingerprint density at radius 3 is 1.88 bits per heavy atom. The molecule has 0 amide bonds. The summed E-state index contributed by atoms with van der Waals surface area (Å²) in [6.07, 6.45) is 5.87.